The second-order valence-electron chi connectivity index (χ2n) is 7.54. The number of aromatic hydroxyl groups is 1. The zero-order chi connectivity index (χ0) is 21.0. The lowest BCUT2D eigenvalue weighted by atomic mass is 9.92. The summed E-state index contributed by atoms with van der Waals surface area (Å²) in [5, 5.41) is 18.5. The highest BCUT2D eigenvalue weighted by Gasteiger charge is 2.23. The number of hydrogen-bond donors (Lipinski definition) is 2. The van der Waals surface area contributed by atoms with E-state index < -0.39 is 0 Å². The van der Waals surface area contributed by atoms with Crippen molar-refractivity contribution < 1.29 is 14.6 Å². The maximum atomic E-state index is 12.8. The molecule has 29 heavy (non-hydrogen) atoms. The number of amides is 1. The molecule has 0 saturated heterocycles. The van der Waals surface area contributed by atoms with Gasteiger partial charge in [-0.05, 0) is 42.0 Å². The van der Waals surface area contributed by atoms with Crippen LogP contribution < -0.4 is 10.2 Å². The fourth-order valence-corrected chi connectivity index (χ4v) is 2.69. The number of rotatable bonds is 5. The Morgan fingerprint density at radius 1 is 1.17 bits per heavy atom. The molecule has 3 aromatic rings. The van der Waals surface area contributed by atoms with Crippen molar-refractivity contribution in [3.05, 3.63) is 71.5 Å². The number of para-hydroxylation sites is 1. The van der Waals surface area contributed by atoms with Crippen LogP contribution in [0.25, 0.3) is 5.69 Å². The van der Waals surface area contributed by atoms with Crippen molar-refractivity contribution in [2.24, 2.45) is 5.10 Å². The lowest BCUT2D eigenvalue weighted by Crippen LogP contribution is -2.21. The van der Waals surface area contributed by atoms with Gasteiger partial charge < -0.3 is 9.84 Å². The Bertz CT molecular complexity index is 1030. The smallest absolute Gasteiger partial charge is 0.290 e. The van der Waals surface area contributed by atoms with E-state index >= 15 is 0 Å². The van der Waals surface area contributed by atoms with Crippen LogP contribution >= 0.6 is 0 Å². The fourth-order valence-electron chi connectivity index (χ4n) is 2.69. The van der Waals surface area contributed by atoms with E-state index in [0.717, 1.165) is 11.4 Å². The number of phenolic OH excluding ortho intramolecular Hbond substituents is 1. The molecule has 0 aliphatic rings. The third-order valence-electron chi connectivity index (χ3n) is 4.29. The van der Waals surface area contributed by atoms with Crippen molar-refractivity contribution in [1.82, 2.24) is 15.2 Å². The van der Waals surface area contributed by atoms with Crippen molar-refractivity contribution in [2.45, 2.75) is 26.2 Å². The van der Waals surface area contributed by atoms with Crippen LogP contribution in [0.1, 0.15) is 42.5 Å². The van der Waals surface area contributed by atoms with Gasteiger partial charge in [0.25, 0.3) is 5.91 Å². The number of phenols is 1. The van der Waals surface area contributed by atoms with E-state index in [1.54, 1.807) is 22.9 Å². The molecule has 0 aliphatic heterocycles. The Morgan fingerprint density at radius 2 is 1.90 bits per heavy atom. The number of methoxy groups -OCH3 is 1. The molecule has 0 bridgehead atoms. The normalized spacial score (nSPS) is 11.6. The molecule has 2 aromatic carbocycles. The second kappa shape index (κ2) is 8.18. The van der Waals surface area contributed by atoms with Crippen LogP contribution in [0.3, 0.4) is 0 Å². The summed E-state index contributed by atoms with van der Waals surface area (Å²) in [4.78, 5) is 12.8. The van der Waals surface area contributed by atoms with Crippen LogP contribution in [-0.2, 0) is 5.41 Å². The zero-order valence-electron chi connectivity index (χ0n) is 16.9. The molecule has 2 N–H and O–H groups in total. The summed E-state index contributed by atoms with van der Waals surface area (Å²) in [6, 6.07) is 16.1. The highest BCUT2D eigenvalue weighted by atomic mass is 16.5. The molecule has 1 amide bonds. The second-order valence-corrected chi connectivity index (χ2v) is 7.54. The minimum absolute atomic E-state index is 0.000232. The van der Waals surface area contributed by atoms with E-state index in [1.807, 2.05) is 51.1 Å². The van der Waals surface area contributed by atoms with Gasteiger partial charge in [0.2, 0.25) is 0 Å². The first-order chi connectivity index (χ1) is 13.8. The Morgan fingerprint density at radius 3 is 2.52 bits per heavy atom. The molecule has 0 spiro atoms. The van der Waals surface area contributed by atoms with E-state index in [4.69, 9.17) is 4.74 Å². The van der Waals surface area contributed by atoms with Crippen LogP contribution in [0, 0.1) is 0 Å². The summed E-state index contributed by atoms with van der Waals surface area (Å²) in [7, 11) is 1.48. The van der Waals surface area contributed by atoms with Crippen LogP contribution in [-0.4, -0.2) is 34.1 Å². The molecular formula is C22H24N4O3. The minimum Gasteiger partial charge on any atom is -0.504 e. The van der Waals surface area contributed by atoms with Gasteiger partial charge in [-0.2, -0.15) is 10.2 Å². The Hall–Kier alpha value is -3.61. The first-order valence-electron chi connectivity index (χ1n) is 9.16. The third kappa shape index (κ3) is 4.63. The molecule has 1 aromatic heterocycles. The van der Waals surface area contributed by atoms with E-state index in [1.165, 1.54) is 19.4 Å². The number of aromatic nitrogens is 2. The van der Waals surface area contributed by atoms with E-state index in [0.29, 0.717) is 17.0 Å². The average Bonchev–Trinajstić information content (AvgIpc) is 3.15. The van der Waals surface area contributed by atoms with E-state index in [9.17, 15) is 9.90 Å². The summed E-state index contributed by atoms with van der Waals surface area (Å²) < 4.78 is 6.63. The topological polar surface area (TPSA) is 88.7 Å². The van der Waals surface area contributed by atoms with Gasteiger partial charge in [-0.3, -0.25) is 4.79 Å². The number of nitrogens with zero attached hydrogens (tertiary/aromatic N) is 3. The predicted molar refractivity (Wildman–Crippen MR) is 112 cm³/mol. The lowest BCUT2D eigenvalue weighted by molar-refractivity contribution is 0.0947. The number of hydrogen-bond acceptors (Lipinski definition) is 5. The summed E-state index contributed by atoms with van der Waals surface area (Å²) in [5.41, 5.74) is 4.91. The van der Waals surface area contributed by atoms with Gasteiger partial charge in [-0.15, -0.1) is 0 Å². The van der Waals surface area contributed by atoms with Crippen LogP contribution in [0.5, 0.6) is 11.5 Å². The van der Waals surface area contributed by atoms with Crippen LogP contribution in [0.2, 0.25) is 0 Å². The quantitative estimate of drug-likeness (QED) is 0.512. The van der Waals surface area contributed by atoms with Gasteiger partial charge in [0, 0.05) is 5.41 Å². The molecule has 150 valence electrons. The zero-order valence-corrected chi connectivity index (χ0v) is 16.9. The summed E-state index contributed by atoms with van der Waals surface area (Å²) in [6.45, 7) is 6.13. The summed E-state index contributed by atoms with van der Waals surface area (Å²) >= 11 is 0. The number of nitrogens with one attached hydrogen (secondary N) is 1. The highest BCUT2D eigenvalue weighted by molar-refractivity contribution is 5.94. The van der Waals surface area contributed by atoms with Crippen molar-refractivity contribution >= 4 is 12.1 Å². The molecule has 7 heteroatoms. The van der Waals surface area contributed by atoms with Crippen molar-refractivity contribution in [3.63, 3.8) is 0 Å². The van der Waals surface area contributed by atoms with Gasteiger partial charge in [-0.1, -0.05) is 39.0 Å². The van der Waals surface area contributed by atoms with Gasteiger partial charge >= 0.3 is 0 Å². The molecule has 0 atom stereocenters. The molecule has 0 aliphatic carbocycles. The molecular weight excluding hydrogens is 368 g/mol. The molecule has 0 radical (unpaired) electrons. The number of carbonyl (C=O) groups excluding carboxylic acids is 1. The minimum atomic E-state index is -0.383. The summed E-state index contributed by atoms with van der Waals surface area (Å²) in [6.07, 6.45) is 1.45. The van der Waals surface area contributed by atoms with Gasteiger partial charge in [0.1, 0.15) is 5.69 Å². The predicted octanol–water partition coefficient (Wildman–Crippen LogP) is 3.65. The van der Waals surface area contributed by atoms with Crippen LogP contribution in [0.4, 0.5) is 0 Å². The fraction of sp³-hybridized carbons (Fsp3) is 0.227. The Kier molecular flexibility index (Phi) is 5.68. The summed E-state index contributed by atoms with van der Waals surface area (Å²) in [5.74, 6) is -0.0155. The van der Waals surface area contributed by atoms with Gasteiger partial charge in [0.15, 0.2) is 11.5 Å². The molecule has 1 heterocycles. The SMILES string of the molecule is COc1ccc(C=NNC(=O)c2cc(C(C)(C)C)nn2-c2ccccc2)cc1O. The standard InChI is InChI=1S/C22H24N4O3/c1-22(2,3)20-13-17(26(25-20)16-8-6-5-7-9-16)21(28)24-23-14-15-10-11-19(29-4)18(27)12-15/h5-14,27H,1-4H3,(H,24,28). The maximum Gasteiger partial charge on any atom is 0.290 e. The Balaban J connectivity index is 1.85. The molecule has 3 rings (SSSR count). The van der Waals surface area contributed by atoms with Crippen molar-refractivity contribution in [2.75, 3.05) is 7.11 Å². The molecule has 0 fully saturated rings. The third-order valence-corrected chi connectivity index (χ3v) is 4.29. The molecule has 0 saturated carbocycles. The van der Waals surface area contributed by atoms with Crippen molar-refractivity contribution in [1.29, 1.82) is 0 Å². The average molecular weight is 392 g/mol. The molecule has 0 unspecified atom stereocenters. The van der Waals surface area contributed by atoms with E-state index in [2.05, 4.69) is 15.6 Å². The lowest BCUT2D eigenvalue weighted by Gasteiger charge is -2.14. The number of hydrazone groups is 1. The van der Waals surface area contributed by atoms with Gasteiger partial charge in [0.05, 0.1) is 24.7 Å². The maximum absolute atomic E-state index is 12.8. The largest absolute Gasteiger partial charge is 0.504 e. The van der Waals surface area contributed by atoms with Crippen molar-refractivity contribution in [3.8, 4) is 17.2 Å². The first-order valence-corrected chi connectivity index (χ1v) is 9.16. The molecule has 7 nitrogen and oxygen atoms in total. The highest BCUT2D eigenvalue weighted by Crippen LogP contribution is 2.26. The van der Waals surface area contributed by atoms with Crippen LogP contribution in [0.15, 0.2) is 59.7 Å². The first kappa shape index (κ1) is 20.1. The van der Waals surface area contributed by atoms with Gasteiger partial charge in [-0.25, -0.2) is 10.1 Å². The monoisotopic (exact) mass is 392 g/mol. The number of carbonyl (C=O) groups is 1. The number of benzene rings is 2. The van der Waals surface area contributed by atoms with E-state index in [-0.39, 0.29) is 17.1 Å². The number of ether oxygens (including phenoxy) is 1. The Labute approximate surface area is 169 Å².